The van der Waals surface area contributed by atoms with E-state index in [2.05, 4.69) is 6.92 Å². The number of hydrogen-bond acceptors (Lipinski definition) is 4. The summed E-state index contributed by atoms with van der Waals surface area (Å²) in [7, 11) is -3.32. The van der Waals surface area contributed by atoms with Crippen LogP contribution in [0.1, 0.15) is 53.4 Å². The molecule has 98 valence electrons. The fraction of sp³-hybridized carbons (Fsp3) is 1.00. The zero-order chi connectivity index (χ0) is 12.4. The van der Waals surface area contributed by atoms with Crippen LogP contribution in [0.4, 0.5) is 0 Å². The SMILES string of the molecule is CCCCCCOP(=O)(OCC)OC(C)C. The molecule has 0 aromatic rings. The van der Waals surface area contributed by atoms with Gasteiger partial charge in [-0.05, 0) is 27.2 Å². The summed E-state index contributed by atoms with van der Waals surface area (Å²) in [5.41, 5.74) is 0. The van der Waals surface area contributed by atoms with Crippen molar-refractivity contribution in [2.75, 3.05) is 13.2 Å². The second-order valence-corrected chi connectivity index (χ2v) is 5.53. The summed E-state index contributed by atoms with van der Waals surface area (Å²) < 4.78 is 27.5. The smallest absolute Gasteiger partial charge is 0.287 e. The highest BCUT2D eigenvalue weighted by atomic mass is 31.2. The summed E-state index contributed by atoms with van der Waals surface area (Å²) >= 11 is 0. The van der Waals surface area contributed by atoms with Crippen molar-refractivity contribution in [3.63, 3.8) is 0 Å². The molecule has 0 aliphatic rings. The molecular formula is C11H25O4P. The molecule has 0 aliphatic carbocycles. The van der Waals surface area contributed by atoms with Gasteiger partial charge in [0, 0.05) is 0 Å². The third-order valence-corrected chi connectivity index (χ3v) is 3.63. The van der Waals surface area contributed by atoms with E-state index in [-0.39, 0.29) is 6.10 Å². The van der Waals surface area contributed by atoms with Crippen molar-refractivity contribution in [2.24, 2.45) is 0 Å². The number of phosphoric acid groups is 1. The second kappa shape index (κ2) is 9.17. The van der Waals surface area contributed by atoms with Gasteiger partial charge >= 0.3 is 7.82 Å². The number of rotatable bonds is 10. The number of hydrogen-bond donors (Lipinski definition) is 0. The molecule has 1 unspecified atom stereocenters. The van der Waals surface area contributed by atoms with Crippen LogP contribution in [0.2, 0.25) is 0 Å². The molecule has 0 bridgehead atoms. The number of phosphoric ester groups is 1. The molecule has 5 heteroatoms. The van der Waals surface area contributed by atoms with Crippen molar-refractivity contribution in [3.8, 4) is 0 Å². The summed E-state index contributed by atoms with van der Waals surface area (Å²) in [6.45, 7) is 8.31. The maximum absolute atomic E-state index is 12.0. The molecule has 0 saturated heterocycles. The topological polar surface area (TPSA) is 44.8 Å². The van der Waals surface area contributed by atoms with Crippen molar-refractivity contribution in [3.05, 3.63) is 0 Å². The third kappa shape index (κ3) is 8.28. The van der Waals surface area contributed by atoms with Crippen LogP contribution < -0.4 is 0 Å². The van der Waals surface area contributed by atoms with E-state index in [9.17, 15) is 4.57 Å². The van der Waals surface area contributed by atoms with Gasteiger partial charge in [0.25, 0.3) is 0 Å². The normalized spacial score (nSPS) is 15.3. The van der Waals surface area contributed by atoms with Crippen LogP contribution in [0.3, 0.4) is 0 Å². The predicted molar refractivity (Wildman–Crippen MR) is 65.5 cm³/mol. The average molecular weight is 252 g/mol. The molecule has 1 atom stereocenters. The molecule has 0 heterocycles. The van der Waals surface area contributed by atoms with E-state index in [1.165, 1.54) is 12.8 Å². The van der Waals surface area contributed by atoms with Crippen molar-refractivity contribution in [1.29, 1.82) is 0 Å². The van der Waals surface area contributed by atoms with Crippen molar-refractivity contribution >= 4 is 7.82 Å². The lowest BCUT2D eigenvalue weighted by Crippen LogP contribution is -2.06. The van der Waals surface area contributed by atoms with E-state index >= 15 is 0 Å². The minimum Gasteiger partial charge on any atom is -0.287 e. The van der Waals surface area contributed by atoms with E-state index in [0.29, 0.717) is 13.2 Å². The van der Waals surface area contributed by atoms with Crippen LogP contribution in [0.5, 0.6) is 0 Å². The molecule has 4 nitrogen and oxygen atoms in total. The van der Waals surface area contributed by atoms with Crippen LogP contribution in [-0.4, -0.2) is 19.3 Å². The van der Waals surface area contributed by atoms with E-state index in [1.54, 1.807) is 6.92 Å². The minimum atomic E-state index is -3.32. The first-order chi connectivity index (χ1) is 7.54. The zero-order valence-electron chi connectivity index (χ0n) is 10.9. The molecule has 0 fully saturated rings. The van der Waals surface area contributed by atoms with Gasteiger partial charge in [-0.2, -0.15) is 0 Å². The Morgan fingerprint density at radius 2 is 1.75 bits per heavy atom. The van der Waals surface area contributed by atoms with Gasteiger partial charge in [-0.25, -0.2) is 4.57 Å². The molecule has 0 radical (unpaired) electrons. The highest BCUT2D eigenvalue weighted by molar-refractivity contribution is 7.48. The largest absolute Gasteiger partial charge is 0.475 e. The standard InChI is InChI=1S/C11H25O4P/c1-5-7-8-9-10-14-16(12,13-6-2)15-11(3)4/h11H,5-10H2,1-4H3. The monoisotopic (exact) mass is 252 g/mol. The van der Waals surface area contributed by atoms with Crippen LogP contribution >= 0.6 is 7.82 Å². The van der Waals surface area contributed by atoms with Gasteiger partial charge in [-0.15, -0.1) is 0 Å². The summed E-state index contributed by atoms with van der Waals surface area (Å²) in [5, 5.41) is 0. The highest BCUT2D eigenvalue weighted by Gasteiger charge is 2.27. The predicted octanol–water partition coefficient (Wildman–Crippen LogP) is 4.15. The van der Waals surface area contributed by atoms with E-state index in [4.69, 9.17) is 13.6 Å². The van der Waals surface area contributed by atoms with Gasteiger partial charge in [0.15, 0.2) is 0 Å². The lowest BCUT2D eigenvalue weighted by Gasteiger charge is -2.19. The highest BCUT2D eigenvalue weighted by Crippen LogP contribution is 2.50. The Bertz CT molecular complexity index is 206. The Balaban J connectivity index is 3.88. The molecule has 0 aromatic carbocycles. The Labute approximate surface area is 99.3 Å². The molecule has 0 amide bonds. The van der Waals surface area contributed by atoms with Gasteiger partial charge in [-0.1, -0.05) is 26.2 Å². The first-order valence-corrected chi connectivity index (χ1v) is 7.57. The quantitative estimate of drug-likeness (QED) is 0.432. The molecule has 0 saturated carbocycles. The summed E-state index contributed by atoms with van der Waals surface area (Å²) in [4.78, 5) is 0. The van der Waals surface area contributed by atoms with Crippen molar-refractivity contribution in [1.82, 2.24) is 0 Å². The third-order valence-electron chi connectivity index (χ3n) is 1.87. The zero-order valence-corrected chi connectivity index (χ0v) is 11.8. The van der Waals surface area contributed by atoms with Gasteiger partial charge < -0.3 is 0 Å². The number of unbranched alkanes of at least 4 members (excludes halogenated alkanes) is 3. The molecule has 0 aliphatic heterocycles. The molecular weight excluding hydrogens is 227 g/mol. The van der Waals surface area contributed by atoms with E-state index in [1.807, 2.05) is 13.8 Å². The second-order valence-electron chi connectivity index (χ2n) is 3.91. The molecule has 16 heavy (non-hydrogen) atoms. The lowest BCUT2D eigenvalue weighted by atomic mass is 10.2. The van der Waals surface area contributed by atoms with Gasteiger partial charge in [0.1, 0.15) is 0 Å². The summed E-state index contributed by atoms with van der Waals surface area (Å²) in [5.74, 6) is 0. The fourth-order valence-electron chi connectivity index (χ4n) is 1.22. The Kier molecular flexibility index (Phi) is 9.24. The van der Waals surface area contributed by atoms with Crippen LogP contribution in [0.15, 0.2) is 0 Å². The Morgan fingerprint density at radius 3 is 2.25 bits per heavy atom. The summed E-state index contributed by atoms with van der Waals surface area (Å²) in [6.07, 6.45) is 4.17. The van der Waals surface area contributed by atoms with Gasteiger partial charge in [0.2, 0.25) is 0 Å². The fourth-order valence-corrected chi connectivity index (χ4v) is 2.60. The molecule has 0 aromatic heterocycles. The van der Waals surface area contributed by atoms with E-state index in [0.717, 1.165) is 12.8 Å². The summed E-state index contributed by atoms with van der Waals surface area (Å²) in [6, 6.07) is 0. The van der Waals surface area contributed by atoms with Gasteiger partial charge in [0.05, 0.1) is 19.3 Å². The van der Waals surface area contributed by atoms with Crippen LogP contribution in [-0.2, 0) is 18.1 Å². The minimum absolute atomic E-state index is 0.159. The Morgan fingerprint density at radius 1 is 1.06 bits per heavy atom. The lowest BCUT2D eigenvalue weighted by molar-refractivity contribution is 0.0929. The molecule has 0 rings (SSSR count). The average Bonchev–Trinajstić information content (AvgIpc) is 2.16. The van der Waals surface area contributed by atoms with E-state index < -0.39 is 7.82 Å². The van der Waals surface area contributed by atoms with Gasteiger partial charge in [-0.3, -0.25) is 13.6 Å². The maximum atomic E-state index is 12.0. The maximum Gasteiger partial charge on any atom is 0.475 e. The molecule has 0 N–H and O–H groups in total. The van der Waals surface area contributed by atoms with Crippen LogP contribution in [0, 0.1) is 0 Å². The van der Waals surface area contributed by atoms with Crippen molar-refractivity contribution < 1.29 is 18.1 Å². The van der Waals surface area contributed by atoms with Crippen molar-refractivity contribution in [2.45, 2.75) is 59.5 Å². The molecule has 0 spiro atoms. The Hall–Kier alpha value is 0.110. The first-order valence-electron chi connectivity index (χ1n) is 6.11. The first kappa shape index (κ1) is 16.1. The van der Waals surface area contributed by atoms with Crippen LogP contribution in [0.25, 0.3) is 0 Å².